The van der Waals surface area contributed by atoms with Gasteiger partial charge in [0.15, 0.2) is 9.84 Å². The molecule has 116 valence electrons. The van der Waals surface area contributed by atoms with Crippen LogP contribution >= 0.6 is 0 Å². The van der Waals surface area contributed by atoms with E-state index in [4.69, 9.17) is 5.73 Å². The standard InChI is InChI=1S/C15H22N2O3S/c1-2-21(19,20)13-7-5-12(6-8-13)17-14(18)15(11-16)9-3-4-10-15/h5-8H,2-4,9-11,16H2,1H3,(H,17,18). The van der Waals surface area contributed by atoms with Crippen molar-refractivity contribution in [1.82, 2.24) is 0 Å². The first-order chi connectivity index (χ1) is 9.93. The Morgan fingerprint density at radius 3 is 2.29 bits per heavy atom. The summed E-state index contributed by atoms with van der Waals surface area (Å²) in [6, 6.07) is 6.30. The normalized spacial score (nSPS) is 17.6. The Balaban J connectivity index is 2.12. The number of carbonyl (C=O) groups is 1. The van der Waals surface area contributed by atoms with Gasteiger partial charge < -0.3 is 11.1 Å². The van der Waals surface area contributed by atoms with Gasteiger partial charge in [0.25, 0.3) is 0 Å². The van der Waals surface area contributed by atoms with Crippen molar-refractivity contribution < 1.29 is 13.2 Å². The van der Waals surface area contributed by atoms with Crippen LogP contribution < -0.4 is 11.1 Å². The molecular formula is C15H22N2O3S. The number of amides is 1. The van der Waals surface area contributed by atoms with Crippen molar-refractivity contribution in [2.75, 3.05) is 17.6 Å². The molecule has 0 bridgehead atoms. The van der Waals surface area contributed by atoms with Crippen LogP contribution in [0.2, 0.25) is 0 Å². The van der Waals surface area contributed by atoms with E-state index in [0.29, 0.717) is 12.2 Å². The maximum absolute atomic E-state index is 12.4. The molecule has 0 radical (unpaired) electrons. The second kappa shape index (κ2) is 6.15. The minimum atomic E-state index is -3.21. The molecule has 0 atom stereocenters. The third-order valence-corrected chi connectivity index (χ3v) is 6.03. The summed E-state index contributed by atoms with van der Waals surface area (Å²) in [7, 11) is -3.21. The fraction of sp³-hybridized carbons (Fsp3) is 0.533. The molecule has 0 aromatic heterocycles. The lowest BCUT2D eigenvalue weighted by Gasteiger charge is -2.25. The lowest BCUT2D eigenvalue weighted by Crippen LogP contribution is -2.40. The SMILES string of the molecule is CCS(=O)(=O)c1ccc(NC(=O)C2(CN)CCCC2)cc1. The van der Waals surface area contributed by atoms with Crippen LogP contribution in [-0.2, 0) is 14.6 Å². The van der Waals surface area contributed by atoms with Gasteiger partial charge in [-0.15, -0.1) is 0 Å². The first-order valence-electron chi connectivity index (χ1n) is 7.28. The van der Waals surface area contributed by atoms with Crippen molar-refractivity contribution in [1.29, 1.82) is 0 Å². The third-order valence-electron chi connectivity index (χ3n) is 4.28. The van der Waals surface area contributed by atoms with Crippen LogP contribution in [0, 0.1) is 5.41 Å². The summed E-state index contributed by atoms with van der Waals surface area (Å²) in [4.78, 5) is 12.7. The molecule has 1 aromatic carbocycles. The fourth-order valence-corrected chi connectivity index (χ4v) is 3.64. The molecule has 21 heavy (non-hydrogen) atoms. The maximum atomic E-state index is 12.4. The number of nitrogens with two attached hydrogens (primary N) is 1. The van der Waals surface area contributed by atoms with E-state index in [1.807, 2.05) is 0 Å². The van der Waals surface area contributed by atoms with Crippen LogP contribution in [-0.4, -0.2) is 26.6 Å². The van der Waals surface area contributed by atoms with Gasteiger partial charge in [-0.3, -0.25) is 4.79 Å². The third kappa shape index (κ3) is 3.27. The number of hydrogen-bond donors (Lipinski definition) is 2. The molecular weight excluding hydrogens is 288 g/mol. The average Bonchev–Trinajstić information content (AvgIpc) is 2.98. The van der Waals surface area contributed by atoms with Gasteiger partial charge in [-0.1, -0.05) is 19.8 Å². The molecule has 0 heterocycles. The molecule has 3 N–H and O–H groups in total. The smallest absolute Gasteiger partial charge is 0.231 e. The zero-order valence-electron chi connectivity index (χ0n) is 12.3. The van der Waals surface area contributed by atoms with Crippen LogP contribution in [0.25, 0.3) is 0 Å². The number of benzene rings is 1. The molecule has 0 aliphatic heterocycles. The number of rotatable bonds is 5. The fourth-order valence-electron chi connectivity index (χ4n) is 2.75. The van der Waals surface area contributed by atoms with Gasteiger partial charge in [0.1, 0.15) is 0 Å². The van der Waals surface area contributed by atoms with E-state index in [2.05, 4.69) is 5.32 Å². The summed E-state index contributed by atoms with van der Waals surface area (Å²) in [5.41, 5.74) is 5.92. The Labute approximate surface area is 125 Å². The van der Waals surface area contributed by atoms with Crippen molar-refractivity contribution in [3.05, 3.63) is 24.3 Å². The molecule has 1 aliphatic carbocycles. The summed E-state index contributed by atoms with van der Waals surface area (Å²) >= 11 is 0. The number of carbonyl (C=O) groups excluding carboxylic acids is 1. The minimum Gasteiger partial charge on any atom is -0.329 e. The van der Waals surface area contributed by atoms with Crippen LogP contribution in [0.15, 0.2) is 29.2 Å². The second-order valence-electron chi connectivity index (χ2n) is 5.57. The quantitative estimate of drug-likeness (QED) is 0.869. The molecule has 5 nitrogen and oxygen atoms in total. The highest BCUT2D eigenvalue weighted by atomic mass is 32.2. The highest BCUT2D eigenvalue weighted by Crippen LogP contribution is 2.38. The van der Waals surface area contributed by atoms with Gasteiger partial charge in [0.05, 0.1) is 16.1 Å². The number of nitrogens with one attached hydrogen (secondary N) is 1. The lowest BCUT2D eigenvalue weighted by molar-refractivity contribution is -0.124. The number of anilines is 1. The van der Waals surface area contributed by atoms with Gasteiger partial charge in [-0.05, 0) is 37.1 Å². The molecule has 1 amide bonds. The van der Waals surface area contributed by atoms with Crippen molar-refractivity contribution in [3.8, 4) is 0 Å². The van der Waals surface area contributed by atoms with E-state index in [9.17, 15) is 13.2 Å². The van der Waals surface area contributed by atoms with E-state index in [1.54, 1.807) is 19.1 Å². The number of sulfone groups is 1. The topological polar surface area (TPSA) is 89.3 Å². The summed E-state index contributed by atoms with van der Waals surface area (Å²) in [6.45, 7) is 1.96. The highest BCUT2D eigenvalue weighted by molar-refractivity contribution is 7.91. The summed E-state index contributed by atoms with van der Waals surface area (Å²) in [6.07, 6.45) is 3.69. The van der Waals surface area contributed by atoms with Crippen molar-refractivity contribution in [2.45, 2.75) is 37.5 Å². The van der Waals surface area contributed by atoms with E-state index in [-0.39, 0.29) is 16.6 Å². The first-order valence-corrected chi connectivity index (χ1v) is 8.93. The van der Waals surface area contributed by atoms with E-state index >= 15 is 0 Å². The van der Waals surface area contributed by atoms with Gasteiger partial charge >= 0.3 is 0 Å². The molecule has 1 fully saturated rings. The van der Waals surface area contributed by atoms with E-state index < -0.39 is 15.3 Å². The molecule has 0 spiro atoms. The predicted molar refractivity (Wildman–Crippen MR) is 82.8 cm³/mol. The molecule has 1 aromatic rings. The molecule has 1 aliphatic rings. The summed E-state index contributed by atoms with van der Waals surface area (Å²) < 4.78 is 23.5. The Hall–Kier alpha value is -1.40. The predicted octanol–water partition coefficient (Wildman–Crippen LogP) is 1.94. The summed E-state index contributed by atoms with van der Waals surface area (Å²) in [5.74, 6) is 0.00299. The summed E-state index contributed by atoms with van der Waals surface area (Å²) in [5, 5.41) is 2.86. The Morgan fingerprint density at radius 1 is 1.24 bits per heavy atom. The van der Waals surface area contributed by atoms with Gasteiger partial charge in [-0.25, -0.2) is 8.42 Å². The molecule has 0 unspecified atom stereocenters. The molecule has 1 saturated carbocycles. The largest absolute Gasteiger partial charge is 0.329 e. The van der Waals surface area contributed by atoms with Crippen LogP contribution in [0.5, 0.6) is 0 Å². The lowest BCUT2D eigenvalue weighted by atomic mass is 9.85. The van der Waals surface area contributed by atoms with Crippen molar-refractivity contribution in [3.63, 3.8) is 0 Å². The highest BCUT2D eigenvalue weighted by Gasteiger charge is 2.39. The van der Waals surface area contributed by atoms with Crippen molar-refractivity contribution >= 4 is 21.4 Å². The van der Waals surface area contributed by atoms with Gasteiger partial charge in [-0.2, -0.15) is 0 Å². The van der Waals surface area contributed by atoms with Gasteiger partial charge in [0, 0.05) is 12.2 Å². The van der Waals surface area contributed by atoms with Crippen LogP contribution in [0.4, 0.5) is 5.69 Å². The molecule has 0 saturated heterocycles. The Kier molecular flexibility index (Phi) is 4.68. The second-order valence-corrected chi connectivity index (χ2v) is 7.85. The van der Waals surface area contributed by atoms with E-state index in [1.165, 1.54) is 12.1 Å². The van der Waals surface area contributed by atoms with E-state index in [0.717, 1.165) is 25.7 Å². The number of hydrogen-bond acceptors (Lipinski definition) is 4. The Bertz CT molecular complexity index is 602. The maximum Gasteiger partial charge on any atom is 0.231 e. The average molecular weight is 310 g/mol. The first kappa shape index (κ1) is 16.0. The van der Waals surface area contributed by atoms with Crippen LogP contribution in [0.1, 0.15) is 32.6 Å². The van der Waals surface area contributed by atoms with Crippen LogP contribution in [0.3, 0.4) is 0 Å². The Morgan fingerprint density at radius 2 is 1.81 bits per heavy atom. The monoisotopic (exact) mass is 310 g/mol. The van der Waals surface area contributed by atoms with Gasteiger partial charge in [0.2, 0.25) is 5.91 Å². The minimum absolute atomic E-state index is 0.0615. The zero-order valence-corrected chi connectivity index (χ0v) is 13.1. The molecule has 2 rings (SSSR count). The molecule has 6 heteroatoms. The zero-order chi connectivity index (χ0) is 15.5. The van der Waals surface area contributed by atoms with Crippen molar-refractivity contribution in [2.24, 2.45) is 11.1 Å².